The molecule has 1 N–H and O–H groups in total. The molecule has 3 aromatic rings. The van der Waals surface area contributed by atoms with Gasteiger partial charge in [0, 0.05) is 31.2 Å². The topological polar surface area (TPSA) is 24.9 Å². The van der Waals surface area contributed by atoms with E-state index >= 15 is 0 Å². The summed E-state index contributed by atoms with van der Waals surface area (Å²) in [6.45, 7) is 1.99. The van der Waals surface area contributed by atoms with Gasteiger partial charge in [0.05, 0.1) is 0 Å². The van der Waals surface area contributed by atoms with Gasteiger partial charge in [0.25, 0.3) is 0 Å². The Morgan fingerprint density at radius 2 is 1.74 bits per heavy atom. The van der Waals surface area contributed by atoms with Gasteiger partial charge in [0.2, 0.25) is 0 Å². The van der Waals surface area contributed by atoms with Crippen LogP contribution in [0.1, 0.15) is 5.56 Å². The molecule has 1 heterocycles. The summed E-state index contributed by atoms with van der Waals surface area (Å²) in [5.74, 6) is 1.16. The Morgan fingerprint density at radius 1 is 1.00 bits per heavy atom. The monoisotopic (exact) mass is 320 g/mol. The Balaban J connectivity index is 0.000000172. The average Bonchev–Trinajstić information content (AvgIpc) is 2.61. The second-order valence-electron chi connectivity index (χ2n) is 5.13. The molecule has 0 atom stereocenters. The quantitative estimate of drug-likeness (QED) is 0.577. The highest BCUT2D eigenvalue weighted by molar-refractivity contribution is 7.98. The van der Waals surface area contributed by atoms with Crippen molar-refractivity contribution in [3.8, 4) is 0 Å². The van der Waals surface area contributed by atoms with E-state index in [2.05, 4.69) is 40.8 Å². The molecule has 23 heavy (non-hydrogen) atoms. The molecule has 4 heteroatoms. The molecule has 0 saturated heterocycles. The number of fused-ring (bicyclic) bond motifs is 1. The van der Waals surface area contributed by atoms with Crippen molar-refractivity contribution in [1.82, 2.24) is 10.3 Å². The van der Waals surface area contributed by atoms with Crippen LogP contribution >= 0.6 is 11.8 Å². The van der Waals surface area contributed by atoms with E-state index in [0.717, 1.165) is 24.3 Å². The Bertz CT molecular complexity index is 636. The normalized spacial score (nSPS) is 10.1. The Hall–Kier alpha value is -1.78. The maximum absolute atomic E-state index is 5.58. The fourth-order valence-corrected chi connectivity index (χ4v) is 2.42. The van der Waals surface area contributed by atoms with Gasteiger partial charge in [-0.05, 0) is 28.7 Å². The van der Waals surface area contributed by atoms with E-state index in [0.29, 0.717) is 0 Å². The van der Waals surface area contributed by atoms with E-state index in [-0.39, 0.29) is 0 Å². The second-order valence-corrected chi connectivity index (χ2v) is 6.12. The highest BCUT2D eigenvalue weighted by atomic mass is 32.2. The molecule has 0 spiro atoms. The van der Waals surface area contributed by atoms with Crippen molar-refractivity contribution in [1.29, 1.82) is 0 Å². The van der Waals surface area contributed by atoms with Crippen molar-refractivity contribution in [3.05, 3.63) is 72.6 Å². The third kappa shape index (κ3) is 6.47. The van der Waals surface area contributed by atoms with E-state index in [9.17, 15) is 0 Å². The Morgan fingerprint density at radius 3 is 2.43 bits per heavy atom. The molecular formula is C19H21BN2S. The summed E-state index contributed by atoms with van der Waals surface area (Å²) in [6.07, 6.45) is 5.79. The molecule has 0 aliphatic carbocycles. The molecule has 116 valence electrons. The molecule has 0 bridgehead atoms. The van der Waals surface area contributed by atoms with Crippen LogP contribution < -0.4 is 10.8 Å². The first-order valence-electron chi connectivity index (χ1n) is 7.62. The summed E-state index contributed by atoms with van der Waals surface area (Å²) in [6, 6.07) is 18.2. The largest absolute Gasteiger partial charge is 0.312 e. The van der Waals surface area contributed by atoms with Crippen LogP contribution in [0.3, 0.4) is 0 Å². The van der Waals surface area contributed by atoms with Crippen molar-refractivity contribution in [2.45, 2.75) is 6.54 Å². The van der Waals surface area contributed by atoms with Gasteiger partial charge in [-0.15, -0.1) is 0 Å². The minimum Gasteiger partial charge on any atom is -0.312 e. The number of thioether (sulfide) groups is 1. The van der Waals surface area contributed by atoms with Crippen LogP contribution in [0, 0.1) is 0 Å². The van der Waals surface area contributed by atoms with E-state index in [1.165, 1.54) is 16.3 Å². The molecule has 0 saturated carbocycles. The van der Waals surface area contributed by atoms with Crippen LogP contribution in [-0.4, -0.2) is 31.4 Å². The van der Waals surface area contributed by atoms with Gasteiger partial charge in [0.1, 0.15) is 7.85 Å². The maximum Gasteiger partial charge on any atom is 0.113 e. The Labute approximate surface area is 144 Å². The van der Waals surface area contributed by atoms with Gasteiger partial charge in [-0.1, -0.05) is 54.0 Å². The fraction of sp³-hybridized carbons (Fsp3) is 0.211. The van der Waals surface area contributed by atoms with Crippen molar-refractivity contribution in [3.63, 3.8) is 0 Å². The SMILES string of the molecule is [B]c1ccc(CNCCSC)cc1.c1ccc2cnccc2c1. The highest BCUT2D eigenvalue weighted by Crippen LogP contribution is 2.09. The maximum atomic E-state index is 5.58. The van der Waals surface area contributed by atoms with Gasteiger partial charge in [-0.2, -0.15) is 11.8 Å². The molecule has 2 radical (unpaired) electrons. The van der Waals surface area contributed by atoms with Crippen molar-refractivity contribution in [2.75, 3.05) is 18.6 Å². The standard InChI is InChI=1S/C10H14BNS.C9H7N/c1-13-7-6-12-8-9-2-4-10(11)5-3-9;1-2-4-9-7-10-6-5-8(9)3-1/h2-5,12H,6-8H2,1H3;1-7H. The molecule has 2 nitrogen and oxygen atoms in total. The van der Waals surface area contributed by atoms with Crippen LogP contribution in [0.25, 0.3) is 10.8 Å². The first kappa shape index (κ1) is 17.6. The second kappa shape index (κ2) is 10.1. The number of hydrogen-bond donors (Lipinski definition) is 1. The third-order valence-corrected chi connectivity index (χ3v) is 3.95. The molecule has 1 aromatic heterocycles. The van der Waals surface area contributed by atoms with Crippen LogP contribution in [0.2, 0.25) is 0 Å². The molecule has 0 aliphatic rings. The van der Waals surface area contributed by atoms with Crippen LogP contribution in [0.4, 0.5) is 0 Å². The number of rotatable bonds is 5. The summed E-state index contributed by atoms with van der Waals surface area (Å²) < 4.78 is 0. The van der Waals surface area contributed by atoms with E-state index in [1.54, 1.807) is 0 Å². The highest BCUT2D eigenvalue weighted by Gasteiger charge is 1.91. The van der Waals surface area contributed by atoms with Gasteiger partial charge < -0.3 is 5.32 Å². The summed E-state index contributed by atoms with van der Waals surface area (Å²) >= 11 is 1.86. The molecule has 0 amide bonds. The minimum absolute atomic E-state index is 0.827. The van der Waals surface area contributed by atoms with Crippen LogP contribution in [-0.2, 0) is 6.54 Å². The number of aromatic nitrogens is 1. The number of nitrogens with one attached hydrogen (secondary N) is 1. The summed E-state index contributed by atoms with van der Waals surface area (Å²) in [4.78, 5) is 4.01. The van der Waals surface area contributed by atoms with Crippen LogP contribution in [0.15, 0.2) is 67.0 Å². The van der Waals surface area contributed by atoms with Crippen molar-refractivity contribution >= 4 is 35.8 Å². The minimum atomic E-state index is 0.827. The van der Waals surface area contributed by atoms with E-state index in [4.69, 9.17) is 7.85 Å². The average molecular weight is 320 g/mol. The lowest BCUT2D eigenvalue weighted by Gasteiger charge is -2.03. The molecule has 0 aliphatic heterocycles. The number of nitrogens with zero attached hydrogens (tertiary/aromatic N) is 1. The zero-order valence-corrected chi connectivity index (χ0v) is 14.2. The zero-order chi connectivity index (χ0) is 16.3. The summed E-state index contributed by atoms with van der Waals surface area (Å²) in [5.41, 5.74) is 2.11. The van der Waals surface area contributed by atoms with Gasteiger partial charge in [0.15, 0.2) is 0 Å². The summed E-state index contributed by atoms with van der Waals surface area (Å²) in [5, 5.41) is 5.81. The smallest absolute Gasteiger partial charge is 0.113 e. The lowest BCUT2D eigenvalue weighted by Crippen LogP contribution is -2.16. The zero-order valence-electron chi connectivity index (χ0n) is 13.4. The summed E-state index contributed by atoms with van der Waals surface area (Å²) in [7, 11) is 5.58. The Kier molecular flexibility index (Phi) is 7.71. The predicted octanol–water partition coefficient (Wildman–Crippen LogP) is 3.17. The van der Waals surface area contributed by atoms with Gasteiger partial charge in [-0.3, -0.25) is 4.98 Å². The first-order chi connectivity index (χ1) is 11.3. The molecule has 0 fully saturated rings. The van der Waals surface area contributed by atoms with Crippen LogP contribution in [0.5, 0.6) is 0 Å². The molecule has 3 rings (SSSR count). The number of hydrogen-bond acceptors (Lipinski definition) is 3. The van der Waals surface area contributed by atoms with E-state index in [1.807, 2.05) is 54.5 Å². The molecule has 0 unspecified atom stereocenters. The lowest BCUT2D eigenvalue weighted by atomic mass is 9.95. The predicted molar refractivity (Wildman–Crippen MR) is 104 cm³/mol. The van der Waals surface area contributed by atoms with E-state index < -0.39 is 0 Å². The van der Waals surface area contributed by atoms with Crippen molar-refractivity contribution < 1.29 is 0 Å². The van der Waals surface area contributed by atoms with Gasteiger partial charge >= 0.3 is 0 Å². The molecule has 2 aromatic carbocycles. The third-order valence-electron chi connectivity index (χ3n) is 3.34. The number of benzene rings is 2. The molecular weight excluding hydrogens is 299 g/mol. The first-order valence-corrected chi connectivity index (χ1v) is 9.02. The van der Waals surface area contributed by atoms with Crippen molar-refractivity contribution in [2.24, 2.45) is 0 Å². The van der Waals surface area contributed by atoms with Gasteiger partial charge in [-0.25, -0.2) is 0 Å². The number of pyridine rings is 1. The lowest BCUT2D eigenvalue weighted by molar-refractivity contribution is 0.732. The fourth-order valence-electron chi connectivity index (χ4n) is 2.07.